The zero-order chi connectivity index (χ0) is 19.9. The molecular formula is C19H35N7OS. The maximum absolute atomic E-state index is 5.52. The minimum atomic E-state index is 0.496. The molecule has 0 aromatic carbocycles. The molecule has 8 nitrogen and oxygen atoms in total. The number of hydrogen-bond donors (Lipinski definition) is 1. The van der Waals surface area contributed by atoms with Crippen molar-refractivity contribution in [2.45, 2.75) is 33.2 Å². The van der Waals surface area contributed by atoms with Crippen molar-refractivity contribution in [2.75, 3.05) is 71.0 Å². The molecule has 2 aliphatic heterocycles. The normalized spacial score (nSPS) is 20.7. The van der Waals surface area contributed by atoms with E-state index in [1.807, 2.05) is 7.05 Å². The third kappa shape index (κ3) is 5.33. The molecule has 0 saturated carbocycles. The summed E-state index contributed by atoms with van der Waals surface area (Å²) in [5.41, 5.74) is 0. The van der Waals surface area contributed by atoms with Crippen LogP contribution in [0.15, 0.2) is 4.99 Å². The molecule has 3 heterocycles. The highest BCUT2D eigenvalue weighted by atomic mass is 32.1. The Morgan fingerprint density at radius 1 is 1.18 bits per heavy atom. The minimum absolute atomic E-state index is 0.496. The van der Waals surface area contributed by atoms with E-state index in [0.29, 0.717) is 12.0 Å². The second-order valence-electron chi connectivity index (χ2n) is 7.71. The van der Waals surface area contributed by atoms with E-state index < -0.39 is 0 Å². The first-order chi connectivity index (χ1) is 13.6. The molecule has 2 aliphatic rings. The molecule has 28 heavy (non-hydrogen) atoms. The summed E-state index contributed by atoms with van der Waals surface area (Å²) in [7, 11) is 1.88. The van der Waals surface area contributed by atoms with Gasteiger partial charge in [0.2, 0.25) is 5.13 Å². The van der Waals surface area contributed by atoms with Gasteiger partial charge in [0.05, 0.1) is 13.2 Å². The van der Waals surface area contributed by atoms with E-state index in [-0.39, 0.29) is 0 Å². The molecule has 1 N–H and O–H groups in total. The number of aliphatic imine (C=N–C) groups is 1. The summed E-state index contributed by atoms with van der Waals surface area (Å²) in [6.07, 6.45) is 0.896. The standard InChI is InChI=1S/C19H35N7OS/c1-5-17-22-19(28-23-17)26-8-6-25(7-9-26)18(20-4)21-14-16(15(2)3)24-10-12-27-13-11-24/h15-16H,5-14H2,1-4H3,(H,20,21). The van der Waals surface area contributed by atoms with E-state index in [9.17, 15) is 0 Å². The lowest BCUT2D eigenvalue weighted by Gasteiger charge is -2.39. The SMILES string of the molecule is CCc1nsc(N2CCN(C(=NC)NCC(C(C)C)N3CCOCC3)CC2)n1. The summed E-state index contributed by atoms with van der Waals surface area (Å²) in [5, 5.41) is 4.68. The highest BCUT2D eigenvalue weighted by molar-refractivity contribution is 7.09. The monoisotopic (exact) mass is 409 g/mol. The van der Waals surface area contributed by atoms with Gasteiger partial charge >= 0.3 is 0 Å². The lowest BCUT2D eigenvalue weighted by atomic mass is 10.0. The molecule has 0 aliphatic carbocycles. The van der Waals surface area contributed by atoms with Gasteiger partial charge in [0.15, 0.2) is 5.96 Å². The molecule has 9 heteroatoms. The van der Waals surface area contributed by atoms with Crippen molar-refractivity contribution in [1.82, 2.24) is 24.5 Å². The van der Waals surface area contributed by atoms with Crippen molar-refractivity contribution in [2.24, 2.45) is 10.9 Å². The van der Waals surface area contributed by atoms with Crippen LogP contribution in [0.1, 0.15) is 26.6 Å². The molecule has 3 rings (SSSR count). The van der Waals surface area contributed by atoms with Gasteiger partial charge in [0.1, 0.15) is 5.82 Å². The zero-order valence-corrected chi connectivity index (χ0v) is 18.5. The number of ether oxygens (including phenoxy) is 1. The average Bonchev–Trinajstić information content (AvgIpc) is 3.21. The molecule has 1 unspecified atom stereocenters. The molecule has 158 valence electrons. The van der Waals surface area contributed by atoms with Crippen LogP contribution < -0.4 is 10.2 Å². The van der Waals surface area contributed by atoms with Crippen LogP contribution in [0.3, 0.4) is 0 Å². The summed E-state index contributed by atoms with van der Waals surface area (Å²) in [5.74, 6) is 2.54. The van der Waals surface area contributed by atoms with Gasteiger partial charge in [-0.25, -0.2) is 4.98 Å². The van der Waals surface area contributed by atoms with E-state index >= 15 is 0 Å². The van der Waals surface area contributed by atoms with E-state index in [0.717, 1.165) is 82.4 Å². The second-order valence-corrected chi connectivity index (χ2v) is 8.44. The highest BCUT2D eigenvalue weighted by Gasteiger charge is 2.26. The van der Waals surface area contributed by atoms with E-state index in [4.69, 9.17) is 4.74 Å². The molecule has 0 bridgehead atoms. The topological polar surface area (TPSA) is 69.1 Å². The van der Waals surface area contributed by atoms with Gasteiger partial charge in [-0.15, -0.1) is 0 Å². The number of anilines is 1. The van der Waals surface area contributed by atoms with Crippen molar-refractivity contribution in [3.05, 3.63) is 5.82 Å². The Morgan fingerprint density at radius 3 is 2.46 bits per heavy atom. The summed E-state index contributed by atoms with van der Waals surface area (Å²) in [6.45, 7) is 15.1. The molecule has 1 atom stereocenters. The molecule has 1 aromatic rings. The number of morpholine rings is 1. The first-order valence-corrected chi connectivity index (χ1v) is 11.2. The maximum Gasteiger partial charge on any atom is 0.205 e. The van der Waals surface area contributed by atoms with Crippen LogP contribution in [0.4, 0.5) is 5.13 Å². The summed E-state index contributed by atoms with van der Waals surface area (Å²) in [4.78, 5) is 16.4. The predicted molar refractivity (Wildman–Crippen MR) is 115 cm³/mol. The Balaban J connectivity index is 1.51. The maximum atomic E-state index is 5.52. The number of aryl methyl sites for hydroxylation is 1. The fraction of sp³-hybridized carbons (Fsp3) is 0.842. The van der Waals surface area contributed by atoms with Crippen molar-refractivity contribution >= 4 is 22.6 Å². The van der Waals surface area contributed by atoms with Crippen LogP contribution in [0.25, 0.3) is 0 Å². The molecule has 0 amide bonds. The Labute approximate surface area is 173 Å². The van der Waals surface area contributed by atoms with Gasteiger partial charge in [-0.05, 0) is 5.92 Å². The summed E-state index contributed by atoms with van der Waals surface area (Å²) >= 11 is 1.51. The average molecular weight is 410 g/mol. The van der Waals surface area contributed by atoms with Gasteiger partial charge < -0.3 is 19.9 Å². The molecule has 2 fully saturated rings. The van der Waals surface area contributed by atoms with Crippen molar-refractivity contribution in [3.8, 4) is 0 Å². The third-order valence-electron chi connectivity index (χ3n) is 5.59. The fourth-order valence-electron chi connectivity index (χ4n) is 3.85. The number of piperazine rings is 1. The van der Waals surface area contributed by atoms with Crippen molar-refractivity contribution in [3.63, 3.8) is 0 Å². The largest absolute Gasteiger partial charge is 0.379 e. The lowest BCUT2D eigenvalue weighted by Crippen LogP contribution is -2.56. The van der Waals surface area contributed by atoms with Crippen LogP contribution in [0.5, 0.6) is 0 Å². The molecule has 2 saturated heterocycles. The summed E-state index contributed by atoms with van der Waals surface area (Å²) in [6, 6.07) is 0.496. The van der Waals surface area contributed by atoms with Gasteiger partial charge in [-0.3, -0.25) is 9.89 Å². The zero-order valence-electron chi connectivity index (χ0n) is 17.7. The summed E-state index contributed by atoms with van der Waals surface area (Å²) < 4.78 is 9.93. The number of aromatic nitrogens is 2. The van der Waals surface area contributed by atoms with Crippen LogP contribution in [0, 0.1) is 5.92 Å². The Morgan fingerprint density at radius 2 is 1.89 bits per heavy atom. The Kier molecular flexibility index (Phi) is 7.87. The number of guanidine groups is 1. The van der Waals surface area contributed by atoms with Crippen LogP contribution in [-0.2, 0) is 11.2 Å². The highest BCUT2D eigenvalue weighted by Crippen LogP contribution is 2.19. The van der Waals surface area contributed by atoms with E-state index in [1.165, 1.54) is 11.5 Å². The van der Waals surface area contributed by atoms with Crippen LogP contribution in [-0.4, -0.2) is 97.2 Å². The molecule has 0 radical (unpaired) electrons. The smallest absolute Gasteiger partial charge is 0.205 e. The molecular weight excluding hydrogens is 374 g/mol. The van der Waals surface area contributed by atoms with Gasteiger partial charge in [-0.2, -0.15) is 4.37 Å². The third-order valence-corrected chi connectivity index (χ3v) is 6.40. The minimum Gasteiger partial charge on any atom is -0.379 e. The first kappa shape index (κ1) is 21.3. The van der Waals surface area contributed by atoms with Crippen LogP contribution >= 0.6 is 11.5 Å². The predicted octanol–water partition coefficient (Wildman–Crippen LogP) is 1.15. The fourth-order valence-corrected chi connectivity index (χ4v) is 4.65. The van der Waals surface area contributed by atoms with Gasteiger partial charge in [-0.1, -0.05) is 20.8 Å². The number of rotatable bonds is 6. The van der Waals surface area contributed by atoms with Gasteiger partial charge in [0.25, 0.3) is 0 Å². The van der Waals surface area contributed by atoms with E-state index in [2.05, 4.69) is 55.1 Å². The number of nitrogens with zero attached hydrogens (tertiary/aromatic N) is 6. The number of hydrogen-bond acceptors (Lipinski definition) is 7. The molecule has 1 aromatic heterocycles. The second kappa shape index (κ2) is 10.4. The van der Waals surface area contributed by atoms with Crippen molar-refractivity contribution < 1.29 is 4.74 Å². The Hall–Kier alpha value is -1.45. The number of nitrogens with one attached hydrogen (secondary N) is 1. The lowest BCUT2D eigenvalue weighted by molar-refractivity contribution is 0.00739. The Bertz CT molecular complexity index is 622. The first-order valence-electron chi connectivity index (χ1n) is 10.5. The molecule has 0 spiro atoms. The van der Waals surface area contributed by atoms with Crippen molar-refractivity contribution in [1.29, 1.82) is 0 Å². The van der Waals surface area contributed by atoms with Crippen LogP contribution in [0.2, 0.25) is 0 Å². The quantitative estimate of drug-likeness (QED) is 0.558. The van der Waals surface area contributed by atoms with E-state index in [1.54, 1.807) is 0 Å². The van der Waals surface area contributed by atoms with Gasteiger partial charge in [0, 0.05) is 76.9 Å².